The Morgan fingerprint density at radius 2 is 2.23 bits per heavy atom. The predicted molar refractivity (Wildman–Crippen MR) is 46.5 cm³/mol. The van der Waals surface area contributed by atoms with E-state index in [0.29, 0.717) is 0 Å². The van der Waals surface area contributed by atoms with Crippen molar-refractivity contribution in [2.75, 3.05) is 13.4 Å². The second-order valence-corrected chi connectivity index (χ2v) is 5.22. The fourth-order valence-electron chi connectivity index (χ4n) is 0.747. The molecule has 70 valence electrons. The van der Waals surface area contributed by atoms with E-state index in [0.717, 1.165) is 17.8 Å². The van der Waals surface area contributed by atoms with Crippen LogP contribution < -0.4 is 4.74 Å². The van der Waals surface area contributed by atoms with Crippen molar-refractivity contribution in [2.45, 2.75) is 4.21 Å². The minimum atomic E-state index is -3.38. The molecule has 0 fully saturated rings. The summed E-state index contributed by atoms with van der Waals surface area (Å²) in [5, 5.41) is 8.65. The van der Waals surface area contributed by atoms with Gasteiger partial charge in [-0.05, 0) is 11.5 Å². The summed E-state index contributed by atoms with van der Waals surface area (Å²) < 4.78 is 30.6. The topological polar surface area (TPSA) is 80.0 Å². The summed E-state index contributed by atoms with van der Waals surface area (Å²) in [4.78, 5) is 0. The van der Waals surface area contributed by atoms with E-state index < -0.39 is 9.84 Å². The SMILES string of the molecule is COc1nsc(S(C)(=O)=O)c1C#N. The normalized spacial score (nSPS) is 10.8. The molecule has 0 bridgehead atoms. The molecule has 0 radical (unpaired) electrons. The molecule has 0 saturated carbocycles. The van der Waals surface area contributed by atoms with Crippen LogP contribution in [0.25, 0.3) is 0 Å². The van der Waals surface area contributed by atoms with Gasteiger partial charge in [0.05, 0.1) is 7.11 Å². The van der Waals surface area contributed by atoms with Gasteiger partial charge in [-0.25, -0.2) is 8.42 Å². The lowest BCUT2D eigenvalue weighted by atomic mass is 10.4. The highest BCUT2D eigenvalue weighted by Crippen LogP contribution is 2.28. The lowest BCUT2D eigenvalue weighted by Gasteiger charge is -1.93. The van der Waals surface area contributed by atoms with Crippen molar-refractivity contribution in [2.24, 2.45) is 0 Å². The molecule has 0 atom stereocenters. The van der Waals surface area contributed by atoms with E-state index in [9.17, 15) is 8.42 Å². The lowest BCUT2D eigenvalue weighted by molar-refractivity contribution is 0.400. The minimum absolute atomic E-state index is 0.0185. The molecular weight excluding hydrogens is 212 g/mol. The van der Waals surface area contributed by atoms with Crippen LogP contribution in [0.2, 0.25) is 0 Å². The third-order valence-corrected chi connectivity index (χ3v) is 3.91. The molecule has 13 heavy (non-hydrogen) atoms. The second-order valence-electron chi connectivity index (χ2n) is 2.24. The van der Waals surface area contributed by atoms with Gasteiger partial charge in [-0.2, -0.15) is 9.64 Å². The van der Waals surface area contributed by atoms with Gasteiger partial charge in [-0.3, -0.25) is 0 Å². The van der Waals surface area contributed by atoms with E-state index in [-0.39, 0.29) is 15.7 Å². The van der Waals surface area contributed by atoms with Crippen LogP contribution in [-0.4, -0.2) is 26.2 Å². The Kier molecular flexibility index (Phi) is 2.54. The molecule has 0 N–H and O–H groups in total. The van der Waals surface area contributed by atoms with Crippen LogP contribution >= 0.6 is 11.5 Å². The summed E-state index contributed by atoms with van der Waals surface area (Å²) in [7, 11) is -2.05. The van der Waals surface area contributed by atoms with Crippen molar-refractivity contribution in [3.8, 4) is 11.9 Å². The van der Waals surface area contributed by atoms with Crippen molar-refractivity contribution in [3.63, 3.8) is 0 Å². The van der Waals surface area contributed by atoms with E-state index in [1.54, 1.807) is 6.07 Å². The summed E-state index contributed by atoms with van der Waals surface area (Å²) in [6.45, 7) is 0. The molecule has 1 aromatic heterocycles. The van der Waals surface area contributed by atoms with E-state index in [1.807, 2.05) is 0 Å². The number of aromatic nitrogens is 1. The Morgan fingerprint density at radius 1 is 1.62 bits per heavy atom. The Hall–Kier alpha value is -1.13. The maximum absolute atomic E-state index is 11.1. The van der Waals surface area contributed by atoms with Gasteiger partial charge in [0.2, 0.25) is 5.88 Å². The summed E-state index contributed by atoms with van der Waals surface area (Å²) in [5.41, 5.74) is -0.0185. The van der Waals surface area contributed by atoms with Crippen LogP contribution in [0.5, 0.6) is 5.88 Å². The van der Waals surface area contributed by atoms with Crippen LogP contribution in [0, 0.1) is 11.3 Å². The van der Waals surface area contributed by atoms with Crippen molar-refractivity contribution in [1.82, 2.24) is 4.37 Å². The molecule has 1 rings (SSSR count). The summed E-state index contributed by atoms with van der Waals surface area (Å²) >= 11 is 0.747. The molecule has 0 aliphatic rings. The van der Waals surface area contributed by atoms with E-state index in [4.69, 9.17) is 10.00 Å². The van der Waals surface area contributed by atoms with Crippen molar-refractivity contribution >= 4 is 21.4 Å². The molecule has 7 heteroatoms. The second kappa shape index (κ2) is 3.32. The van der Waals surface area contributed by atoms with E-state index in [2.05, 4.69) is 4.37 Å². The number of methoxy groups -OCH3 is 1. The third-order valence-electron chi connectivity index (χ3n) is 1.27. The first-order valence-electron chi connectivity index (χ1n) is 3.14. The number of nitriles is 1. The third kappa shape index (κ3) is 1.79. The van der Waals surface area contributed by atoms with Crippen LogP contribution in [0.15, 0.2) is 4.21 Å². The molecule has 0 spiro atoms. The van der Waals surface area contributed by atoms with Crippen molar-refractivity contribution < 1.29 is 13.2 Å². The molecule has 1 heterocycles. The van der Waals surface area contributed by atoms with Crippen LogP contribution in [0.3, 0.4) is 0 Å². The fourth-order valence-corrected chi connectivity index (χ4v) is 2.46. The average Bonchev–Trinajstić information content (AvgIpc) is 2.45. The zero-order valence-electron chi connectivity index (χ0n) is 6.94. The zero-order chi connectivity index (χ0) is 10.1. The van der Waals surface area contributed by atoms with Crippen molar-refractivity contribution in [1.29, 1.82) is 5.26 Å². The first-order valence-corrected chi connectivity index (χ1v) is 5.81. The Labute approximate surface area is 79.7 Å². The van der Waals surface area contributed by atoms with Gasteiger partial charge in [-0.1, -0.05) is 0 Å². The maximum atomic E-state index is 11.1. The standard InChI is InChI=1S/C6H6N2O3S2/c1-11-5-4(3-7)6(12-8-5)13(2,9)10/h1-2H3. The number of ether oxygens (including phenoxy) is 1. The molecule has 1 aromatic rings. The largest absolute Gasteiger partial charge is 0.479 e. The summed E-state index contributed by atoms with van der Waals surface area (Å²) in [6, 6.07) is 1.75. The van der Waals surface area contributed by atoms with Crippen molar-refractivity contribution in [3.05, 3.63) is 5.56 Å². The number of hydrogen-bond acceptors (Lipinski definition) is 6. The van der Waals surface area contributed by atoms with Crippen LogP contribution in [0.1, 0.15) is 5.56 Å². The molecule has 0 saturated heterocycles. The van der Waals surface area contributed by atoms with Crippen LogP contribution in [0.4, 0.5) is 0 Å². The number of nitrogens with zero attached hydrogens (tertiary/aromatic N) is 2. The molecule has 5 nitrogen and oxygen atoms in total. The summed E-state index contributed by atoms with van der Waals surface area (Å²) in [5.74, 6) is 0.0629. The number of rotatable bonds is 2. The fraction of sp³-hybridized carbons (Fsp3) is 0.333. The number of hydrogen-bond donors (Lipinski definition) is 0. The molecule has 0 aliphatic carbocycles. The molecular formula is C6H6N2O3S2. The zero-order valence-corrected chi connectivity index (χ0v) is 8.57. The molecule has 0 aliphatic heterocycles. The first kappa shape index (κ1) is 9.95. The highest BCUT2D eigenvalue weighted by atomic mass is 32.2. The van der Waals surface area contributed by atoms with Gasteiger partial charge in [0.25, 0.3) is 0 Å². The van der Waals surface area contributed by atoms with Gasteiger partial charge in [0, 0.05) is 6.26 Å². The van der Waals surface area contributed by atoms with Gasteiger partial charge < -0.3 is 4.74 Å². The van der Waals surface area contributed by atoms with Gasteiger partial charge in [0.1, 0.15) is 11.6 Å². The molecule has 0 amide bonds. The lowest BCUT2D eigenvalue weighted by Crippen LogP contribution is -1.96. The highest BCUT2D eigenvalue weighted by Gasteiger charge is 2.21. The Balaban J connectivity index is 3.43. The highest BCUT2D eigenvalue weighted by molar-refractivity contribution is 7.92. The summed E-state index contributed by atoms with van der Waals surface area (Å²) in [6.07, 6.45) is 1.03. The van der Waals surface area contributed by atoms with E-state index >= 15 is 0 Å². The van der Waals surface area contributed by atoms with Gasteiger partial charge in [0.15, 0.2) is 14.0 Å². The average molecular weight is 218 g/mol. The van der Waals surface area contributed by atoms with Gasteiger partial charge in [-0.15, -0.1) is 0 Å². The minimum Gasteiger partial charge on any atom is -0.479 e. The monoisotopic (exact) mass is 218 g/mol. The predicted octanol–water partition coefficient (Wildman–Crippen LogP) is 0.427. The Morgan fingerprint density at radius 3 is 2.62 bits per heavy atom. The van der Waals surface area contributed by atoms with E-state index in [1.165, 1.54) is 7.11 Å². The number of sulfone groups is 1. The van der Waals surface area contributed by atoms with Gasteiger partial charge >= 0.3 is 0 Å². The molecule has 0 unspecified atom stereocenters. The maximum Gasteiger partial charge on any atom is 0.244 e. The first-order chi connectivity index (χ1) is 6.00. The smallest absolute Gasteiger partial charge is 0.244 e. The quantitative estimate of drug-likeness (QED) is 0.719. The van der Waals surface area contributed by atoms with Crippen LogP contribution in [-0.2, 0) is 9.84 Å². The molecule has 0 aromatic carbocycles. The Bertz CT molecular complexity index is 455.